The zero-order valence-electron chi connectivity index (χ0n) is 11.0. The van der Waals surface area contributed by atoms with Gasteiger partial charge in [-0.25, -0.2) is 4.98 Å². The number of nitrogen functional groups attached to an aromatic ring is 1. The second-order valence-corrected chi connectivity index (χ2v) is 4.62. The summed E-state index contributed by atoms with van der Waals surface area (Å²) < 4.78 is 5.70. The molecule has 2 N–H and O–H groups in total. The van der Waals surface area contributed by atoms with Gasteiger partial charge < -0.3 is 10.5 Å². The van der Waals surface area contributed by atoms with Gasteiger partial charge in [0.05, 0.1) is 0 Å². The molecule has 18 heavy (non-hydrogen) atoms. The highest BCUT2D eigenvalue weighted by atomic mass is 16.5. The number of ether oxygens (including phenoxy) is 1. The minimum Gasteiger partial charge on any atom is -0.485 e. The van der Waals surface area contributed by atoms with Gasteiger partial charge in [-0.15, -0.1) is 0 Å². The van der Waals surface area contributed by atoms with Crippen LogP contribution >= 0.6 is 0 Å². The van der Waals surface area contributed by atoms with Gasteiger partial charge in [0.25, 0.3) is 0 Å². The number of hydrogen-bond acceptors (Lipinski definition) is 3. The SMILES string of the molecule is Cc1cc(C)cc(COc2ccc(C)nc2N)c1. The lowest BCUT2D eigenvalue weighted by Crippen LogP contribution is -2.01. The van der Waals surface area contributed by atoms with Crippen LogP contribution in [0.5, 0.6) is 5.75 Å². The maximum Gasteiger partial charge on any atom is 0.166 e. The van der Waals surface area contributed by atoms with Crippen LogP contribution in [0.2, 0.25) is 0 Å². The molecule has 0 aliphatic rings. The number of anilines is 1. The van der Waals surface area contributed by atoms with Crippen molar-refractivity contribution in [1.29, 1.82) is 0 Å². The average molecular weight is 242 g/mol. The zero-order valence-corrected chi connectivity index (χ0v) is 11.0. The molecule has 1 aromatic heterocycles. The largest absolute Gasteiger partial charge is 0.485 e. The van der Waals surface area contributed by atoms with Crippen molar-refractivity contribution in [2.45, 2.75) is 27.4 Å². The molecule has 0 aliphatic heterocycles. The average Bonchev–Trinajstić information content (AvgIpc) is 2.26. The minimum absolute atomic E-state index is 0.444. The van der Waals surface area contributed by atoms with E-state index in [9.17, 15) is 0 Å². The Hall–Kier alpha value is -2.03. The van der Waals surface area contributed by atoms with Crippen molar-refractivity contribution in [2.75, 3.05) is 5.73 Å². The molecule has 2 rings (SSSR count). The summed E-state index contributed by atoms with van der Waals surface area (Å²) in [5.41, 5.74) is 10.3. The minimum atomic E-state index is 0.444. The summed E-state index contributed by atoms with van der Waals surface area (Å²) in [6.45, 7) is 6.58. The van der Waals surface area contributed by atoms with Crippen molar-refractivity contribution in [3.05, 3.63) is 52.7 Å². The molecular weight excluding hydrogens is 224 g/mol. The van der Waals surface area contributed by atoms with Gasteiger partial charge in [-0.2, -0.15) is 0 Å². The monoisotopic (exact) mass is 242 g/mol. The molecule has 0 fully saturated rings. The fraction of sp³-hybridized carbons (Fsp3) is 0.267. The third kappa shape index (κ3) is 3.00. The van der Waals surface area contributed by atoms with Crippen molar-refractivity contribution in [3.8, 4) is 5.75 Å². The molecule has 0 spiro atoms. The van der Waals surface area contributed by atoms with Gasteiger partial charge in [-0.05, 0) is 38.5 Å². The van der Waals surface area contributed by atoms with Crippen molar-refractivity contribution in [3.63, 3.8) is 0 Å². The summed E-state index contributed by atoms with van der Waals surface area (Å²) in [6.07, 6.45) is 0. The quantitative estimate of drug-likeness (QED) is 0.899. The smallest absolute Gasteiger partial charge is 0.166 e. The third-order valence-corrected chi connectivity index (χ3v) is 2.70. The van der Waals surface area contributed by atoms with E-state index in [4.69, 9.17) is 10.5 Å². The standard InChI is InChI=1S/C15H18N2O/c1-10-6-11(2)8-13(7-10)9-18-14-5-4-12(3)17-15(14)16/h4-8H,9H2,1-3H3,(H2,16,17). The Morgan fingerprint density at radius 1 is 1.06 bits per heavy atom. The first-order valence-electron chi connectivity index (χ1n) is 5.97. The second kappa shape index (κ2) is 5.08. The Balaban J connectivity index is 2.11. The number of pyridine rings is 1. The molecule has 0 aliphatic carbocycles. The Kier molecular flexibility index (Phi) is 3.51. The van der Waals surface area contributed by atoms with Crippen LogP contribution in [0.3, 0.4) is 0 Å². The van der Waals surface area contributed by atoms with Gasteiger partial charge in [-0.1, -0.05) is 29.3 Å². The van der Waals surface area contributed by atoms with E-state index in [0.717, 1.165) is 11.3 Å². The van der Waals surface area contributed by atoms with E-state index in [1.165, 1.54) is 11.1 Å². The summed E-state index contributed by atoms with van der Waals surface area (Å²) >= 11 is 0. The van der Waals surface area contributed by atoms with E-state index in [1.54, 1.807) is 0 Å². The molecule has 94 valence electrons. The van der Waals surface area contributed by atoms with E-state index in [0.29, 0.717) is 18.2 Å². The van der Waals surface area contributed by atoms with Gasteiger partial charge >= 0.3 is 0 Å². The molecule has 0 saturated carbocycles. The molecule has 2 aromatic rings. The number of aryl methyl sites for hydroxylation is 3. The lowest BCUT2D eigenvalue weighted by Gasteiger charge is -2.10. The molecule has 0 bridgehead atoms. The summed E-state index contributed by atoms with van der Waals surface area (Å²) in [7, 11) is 0. The predicted molar refractivity (Wildman–Crippen MR) is 73.6 cm³/mol. The topological polar surface area (TPSA) is 48.1 Å². The fourth-order valence-corrected chi connectivity index (χ4v) is 2.00. The highest BCUT2D eigenvalue weighted by molar-refractivity contribution is 5.46. The van der Waals surface area contributed by atoms with Crippen LogP contribution in [0.1, 0.15) is 22.4 Å². The molecule has 0 saturated heterocycles. The van der Waals surface area contributed by atoms with Crippen molar-refractivity contribution in [2.24, 2.45) is 0 Å². The summed E-state index contributed by atoms with van der Waals surface area (Å²) in [5, 5.41) is 0. The number of nitrogens with zero attached hydrogens (tertiary/aromatic N) is 1. The molecule has 1 heterocycles. The number of aromatic nitrogens is 1. The Morgan fingerprint density at radius 2 is 1.72 bits per heavy atom. The van der Waals surface area contributed by atoms with Crippen LogP contribution in [0, 0.1) is 20.8 Å². The lowest BCUT2D eigenvalue weighted by atomic mass is 10.1. The van der Waals surface area contributed by atoms with E-state index in [2.05, 4.69) is 37.0 Å². The van der Waals surface area contributed by atoms with E-state index >= 15 is 0 Å². The Morgan fingerprint density at radius 3 is 2.33 bits per heavy atom. The zero-order chi connectivity index (χ0) is 13.1. The van der Waals surface area contributed by atoms with Crippen LogP contribution in [0.4, 0.5) is 5.82 Å². The number of hydrogen-bond donors (Lipinski definition) is 1. The summed E-state index contributed by atoms with van der Waals surface area (Å²) in [5.74, 6) is 1.08. The third-order valence-electron chi connectivity index (χ3n) is 2.70. The van der Waals surface area contributed by atoms with Gasteiger partial charge in [0, 0.05) is 5.69 Å². The molecule has 1 aromatic carbocycles. The number of rotatable bonds is 3. The van der Waals surface area contributed by atoms with Crippen molar-refractivity contribution < 1.29 is 4.74 Å². The van der Waals surface area contributed by atoms with Gasteiger partial charge in [-0.3, -0.25) is 0 Å². The Bertz CT molecular complexity index is 544. The molecular formula is C15H18N2O. The van der Waals surface area contributed by atoms with E-state index < -0.39 is 0 Å². The molecule has 0 amide bonds. The fourth-order valence-electron chi connectivity index (χ4n) is 2.00. The first kappa shape index (κ1) is 12.4. The van der Waals surface area contributed by atoms with E-state index in [1.807, 2.05) is 19.1 Å². The van der Waals surface area contributed by atoms with Crippen LogP contribution < -0.4 is 10.5 Å². The van der Waals surface area contributed by atoms with E-state index in [-0.39, 0.29) is 0 Å². The first-order chi connectivity index (χ1) is 8.54. The summed E-state index contributed by atoms with van der Waals surface area (Å²) in [6, 6.07) is 10.1. The first-order valence-corrected chi connectivity index (χ1v) is 5.97. The summed E-state index contributed by atoms with van der Waals surface area (Å²) in [4.78, 5) is 4.17. The van der Waals surface area contributed by atoms with Crippen molar-refractivity contribution in [1.82, 2.24) is 4.98 Å². The molecule has 3 nitrogen and oxygen atoms in total. The van der Waals surface area contributed by atoms with Crippen LogP contribution in [0.15, 0.2) is 30.3 Å². The Labute approximate surface area is 108 Å². The normalized spacial score (nSPS) is 10.4. The molecule has 0 radical (unpaired) electrons. The highest BCUT2D eigenvalue weighted by Gasteiger charge is 2.03. The molecule has 0 atom stereocenters. The second-order valence-electron chi connectivity index (χ2n) is 4.62. The van der Waals surface area contributed by atoms with Gasteiger partial charge in [0.1, 0.15) is 6.61 Å². The van der Waals surface area contributed by atoms with Gasteiger partial charge in [0.2, 0.25) is 0 Å². The predicted octanol–water partition coefficient (Wildman–Crippen LogP) is 3.17. The lowest BCUT2D eigenvalue weighted by molar-refractivity contribution is 0.306. The maximum absolute atomic E-state index is 5.81. The number of benzene rings is 1. The highest BCUT2D eigenvalue weighted by Crippen LogP contribution is 2.20. The maximum atomic E-state index is 5.81. The molecule has 3 heteroatoms. The van der Waals surface area contributed by atoms with Crippen LogP contribution in [-0.2, 0) is 6.61 Å². The number of nitrogens with two attached hydrogens (primary N) is 1. The molecule has 0 unspecified atom stereocenters. The van der Waals surface area contributed by atoms with Gasteiger partial charge in [0.15, 0.2) is 11.6 Å². The van der Waals surface area contributed by atoms with Crippen LogP contribution in [0.25, 0.3) is 0 Å². The van der Waals surface area contributed by atoms with Crippen molar-refractivity contribution >= 4 is 5.82 Å². The van der Waals surface area contributed by atoms with Crippen LogP contribution in [-0.4, -0.2) is 4.98 Å².